The molecule has 2 N–H and O–H groups in total. The molecule has 2 saturated carbocycles. The van der Waals surface area contributed by atoms with Crippen molar-refractivity contribution in [3.63, 3.8) is 0 Å². The molecular weight excluding hydrogens is 339 g/mol. The lowest BCUT2D eigenvalue weighted by molar-refractivity contribution is -0.148. The van der Waals surface area contributed by atoms with E-state index in [0.717, 1.165) is 24.8 Å². The van der Waals surface area contributed by atoms with Crippen molar-refractivity contribution in [3.05, 3.63) is 42.0 Å². The quantitative estimate of drug-likeness (QED) is 0.854. The maximum Gasteiger partial charge on any atom is 0.307 e. The Kier molecular flexibility index (Phi) is 4.18. The third-order valence-corrected chi connectivity index (χ3v) is 5.53. The van der Waals surface area contributed by atoms with Gasteiger partial charge in [-0.15, -0.1) is 5.10 Å². The number of benzene rings is 1. The molecule has 1 aromatic heterocycles. The number of halogens is 1. The average molecular weight is 358 g/mol. The second-order valence-corrected chi connectivity index (χ2v) is 7.10. The first-order valence-electron chi connectivity index (χ1n) is 8.69. The molecule has 26 heavy (non-hydrogen) atoms. The number of hydrogen-bond acceptors (Lipinski definition) is 4. The predicted octanol–water partition coefficient (Wildman–Crippen LogP) is 2.15. The van der Waals surface area contributed by atoms with Crippen molar-refractivity contribution in [1.82, 2.24) is 14.8 Å². The Labute approximate surface area is 149 Å². The zero-order valence-corrected chi connectivity index (χ0v) is 14.0. The second-order valence-electron chi connectivity index (χ2n) is 7.10. The third-order valence-electron chi connectivity index (χ3n) is 5.53. The van der Waals surface area contributed by atoms with E-state index in [1.807, 2.05) is 0 Å². The minimum absolute atomic E-state index is 0.0947. The van der Waals surface area contributed by atoms with Gasteiger partial charge in [-0.2, -0.15) is 0 Å². The topological polar surface area (TPSA) is 97.1 Å². The highest BCUT2D eigenvalue weighted by Crippen LogP contribution is 2.52. The van der Waals surface area contributed by atoms with Crippen LogP contribution in [0.2, 0.25) is 0 Å². The third kappa shape index (κ3) is 3.07. The Morgan fingerprint density at radius 1 is 1.19 bits per heavy atom. The Morgan fingerprint density at radius 3 is 2.58 bits per heavy atom. The van der Waals surface area contributed by atoms with Gasteiger partial charge in [0.05, 0.1) is 18.4 Å². The monoisotopic (exact) mass is 358 g/mol. The van der Waals surface area contributed by atoms with E-state index in [1.165, 1.54) is 18.5 Å². The van der Waals surface area contributed by atoms with Gasteiger partial charge < -0.3 is 5.11 Å². The van der Waals surface area contributed by atoms with E-state index in [-0.39, 0.29) is 29.5 Å². The van der Waals surface area contributed by atoms with E-state index >= 15 is 0 Å². The number of rotatable bonds is 5. The molecule has 2 fully saturated rings. The molecule has 2 bridgehead atoms. The zero-order chi connectivity index (χ0) is 18.3. The highest BCUT2D eigenvalue weighted by Gasteiger charge is 2.54. The molecule has 7 nitrogen and oxygen atoms in total. The first-order chi connectivity index (χ1) is 12.5. The van der Waals surface area contributed by atoms with Gasteiger partial charge in [0.2, 0.25) is 11.9 Å². The van der Waals surface area contributed by atoms with Gasteiger partial charge in [0.15, 0.2) is 0 Å². The maximum atomic E-state index is 12.9. The maximum absolute atomic E-state index is 12.9. The summed E-state index contributed by atoms with van der Waals surface area (Å²) in [4.78, 5) is 28.2. The Balaban J connectivity index is 1.43. The summed E-state index contributed by atoms with van der Waals surface area (Å²) in [5.74, 6) is -2.27. The molecule has 0 unspecified atom stereocenters. The molecule has 2 aliphatic rings. The van der Waals surface area contributed by atoms with Crippen LogP contribution in [0.1, 0.15) is 24.8 Å². The molecule has 0 saturated heterocycles. The van der Waals surface area contributed by atoms with Gasteiger partial charge in [-0.05, 0) is 48.8 Å². The minimum atomic E-state index is -0.896. The molecular formula is C18H19FN4O3. The van der Waals surface area contributed by atoms with Crippen LogP contribution in [0.4, 0.5) is 10.3 Å². The summed E-state index contributed by atoms with van der Waals surface area (Å²) >= 11 is 0. The first kappa shape index (κ1) is 16.7. The van der Waals surface area contributed by atoms with Crippen molar-refractivity contribution >= 4 is 17.8 Å². The molecule has 136 valence electrons. The number of aromatic nitrogens is 3. The van der Waals surface area contributed by atoms with Gasteiger partial charge in [0, 0.05) is 0 Å². The zero-order valence-electron chi connectivity index (χ0n) is 14.0. The van der Waals surface area contributed by atoms with Crippen molar-refractivity contribution in [3.8, 4) is 0 Å². The van der Waals surface area contributed by atoms with Crippen molar-refractivity contribution in [2.45, 2.75) is 25.8 Å². The number of fused-ring (bicyclic) bond motifs is 2. The van der Waals surface area contributed by atoms with Crippen LogP contribution in [0, 0.1) is 29.5 Å². The van der Waals surface area contributed by atoms with Crippen LogP contribution in [0.25, 0.3) is 0 Å². The molecule has 1 amide bonds. The normalized spacial score (nSPS) is 26.8. The van der Waals surface area contributed by atoms with Crippen LogP contribution >= 0.6 is 0 Å². The Morgan fingerprint density at radius 2 is 1.88 bits per heavy atom. The number of carbonyl (C=O) groups excluding carboxylic acids is 1. The van der Waals surface area contributed by atoms with Gasteiger partial charge in [-0.3, -0.25) is 14.9 Å². The number of amides is 1. The van der Waals surface area contributed by atoms with Crippen LogP contribution < -0.4 is 5.32 Å². The highest BCUT2D eigenvalue weighted by molar-refractivity contribution is 5.94. The van der Waals surface area contributed by atoms with Crippen molar-refractivity contribution in [2.75, 3.05) is 5.32 Å². The van der Waals surface area contributed by atoms with Gasteiger partial charge in [0.1, 0.15) is 12.1 Å². The van der Waals surface area contributed by atoms with Crippen LogP contribution in [-0.2, 0) is 16.1 Å². The van der Waals surface area contributed by atoms with Gasteiger partial charge >= 0.3 is 5.97 Å². The van der Waals surface area contributed by atoms with Crippen molar-refractivity contribution in [1.29, 1.82) is 0 Å². The molecule has 1 aromatic carbocycles. The number of carboxylic acids is 1. The van der Waals surface area contributed by atoms with Gasteiger partial charge in [-0.25, -0.2) is 14.1 Å². The fraction of sp³-hybridized carbons (Fsp3) is 0.444. The molecule has 8 heteroatoms. The number of carboxylic acid groups (broad SMARTS) is 1. The molecule has 1 heterocycles. The smallest absolute Gasteiger partial charge is 0.307 e. The lowest BCUT2D eigenvalue weighted by atomic mass is 9.79. The fourth-order valence-electron chi connectivity index (χ4n) is 4.42. The van der Waals surface area contributed by atoms with Crippen LogP contribution in [0.15, 0.2) is 30.6 Å². The summed E-state index contributed by atoms with van der Waals surface area (Å²) < 4.78 is 14.5. The van der Waals surface area contributed by atoms with E-state index in [2.05, 4.69) is 15.4 Å². The number of anilines is 1. The first-order valence-corrected chi connectivity index (χ1v) is 8.69. The molecule has 4 rings (SSSR count). The summed E-state index contributed by atoms with van der Waals surface area (Å²) in [6, 6.07) is 6.05. The molecule has 4 atom stereocenters. The van der Waals surface area contributed by atoms with Gasteiger partial charge in [0.25, 0.3) is 0 Å². The molecule has 0 aliphatic heterocycles. The number of carbonyl (C=O) groups is 2. The number of aliphatic carboxylic acids is 1. The number of hydrogen-bond donors (Lipinski definition) is 2. The van der Waals surface area contributed by atoms with Crippen LogP contribution in [0.3, 0.4) is 0 Å². The van der Waals surface area contributed by atoms with Crippen LogP contribution in [-0.4, -0.2) is 31.7 Å². The average Bonchev–Trinajstić information content (AvgIpc) is 3.32. The standard InChI is InChI=1S/C18H19FN4O3/c19-13-5-1-10(2-6-13)8-23-9-20-18(22-23)21-16(24)14-11-3-4-12(7-11)15(14)17(25)26/h1-2,5-6,9,11-12,14-15H,3-4,7-8H2,(H,25,26)(H,21,22,24)/t11-,12-,14-,15+/m0/s1. The lowest BCUT2D eigenvalue weighted by Gasteiger charge is -2.26. The summed E-state index contributed by atoms with van der Waals surface area (Å²) in [5.41, 5.74) is 0.855. The number of nitrogens with one attached hydrogen (secondary N) is 1. The van der Waals surface area contributed by atoms with E-state index in [9.17, 15) is 19.1 Å². The summed E-state index contributed by atoms with van der Waals surface area (Å²) in [6.45, 7) is 0.398. The SMILES string of the molecule is O=C(O)[C@@H]1[C@H]2CC[C@@H](C2)[C@@H]1C(=O)Nc1ncn(Cc2ccc(F)cc2)n1. The second kappa shape index (κ2) is 6.51. The molecule has 0 spiro atoms. The fourth-order valence-corrected chi connectivity index (χ4v) is 4.42. The van der Waals surface area contributed by atoms with Crippen molar-refractivity contribution in [2.24, 2.45) is 23.7 Å². The molecule has 2 aliphatic carbocycles. The minimum Gasteiger partial charge on any atom is -0.481 e. The largest absolute Gasteiger partial charge is 0.481 e. The molecule has 0 radical (unpaired) electrons. The van der Waals surface area contributed by atoms with Crippen LogP contribution in [0.5, 0.6) is 0 Å². The van der Waals surface area contributed by atoms with Gasteiger partial charge in [-0.1, -0.05) is 12.1 Å². The summed E-state index contributed by atoms with van der Waals surface area (Å²) in [6.07, 6.45) is 4.07. The highest BCUT2D eigenvalue weighted by atomic mass is 19.1. The van der Waals surface area contributed by atoms with E-state index in [1.54, 1.807) is 16.8 Å². The Bertz CT molecular complexity index is 835. The predicted molar refractivity (Wildman–Crippen MR) is 89.6 cm³/mol. The van der Waals surface area contributed by atoms with Crippen molar-refractivity contribution < 1.29 is 19.1 Å². The number of nitrogens with zero attached hydrogens (tertiary/aromatic N) is 3. The van der Waals surface area contributed by atoms with E-state index in [0.29, 0.717) is 6.54 Å². The van der Waals surface area contributed by atoms with E-state index in [4.69, 9.17) is 0 Å². The lowest BCUT2D eigenvalue weighted by Crippen LogP contribution is -2.38. The molecule has 2 aromatic rings. The summed E-state index contributed by atoms with van der Waals surface area (Å²) in [5, 5.41) is 16.3. The summed E-state index contributed by atoms with van der Waals surface area (Å²) in [7, 11) is 0. The van der Waals surface area contributed by atoms with E-state index < -0.39 is 17.8 Å². The Hall–Kier alpha value is -2.77.